The van der Waals surface area contributed by atoms with Gasteiger partial charge < -0.3 is 9.64 Å². The number of aryl methyl sites for hydroxylation is 2. The Bertz CT molecular complexity index is 700. The fourth-order valence-corrected chi connectivity index (χ4v) is 3.79. The van der Waals surface area contributed by atoms with Gasteiger partial charge in [-0.3, -0.25) is 0 Å². The number of likely N-dealkylation sites (tertiary alicyclic amines) is 1. The zero-order chi connectivity index (χ0) is 18.5. The largest absolute Gasteiger partial charge is 0.367 e. The minimum absolute atomic E-state index is 0.00221. The molecule has 1 unspecified atom stereocenters. The van der Waals surface area contributed by atoms with Gasteiger partial charge in [0.1, 0.15) is 11.6 Å². The molecule has 0 saturated carbocycles. The van der Waals surface area contributed by atoms with E-state index in [4.69, 9.17) is 4.74 Å². The molecule has 1 heterocycles. The number of hydrogen-bond donors (Lipinski definition) is 0. The SMILES string of the molecule is Cc1cccc(C)c1C(CN1CCCCC1)OCc1c(F)cccc1F. The van der Waals surface area contributed by atoms with Crippen molar-refractivity contribution in [2.24, 2.45) is 0 Å². The molecule has 0 radical (unpaired) electrons. The second-order valence-electron chi connectivity index (χ2n) is 7.17. The van der Waals surface area contributed by atoms with Crippen LogP contribution in [0.2, 0.25) is 0 Å². The summed E-state index contributed by atoms with van der Waals surface area (Å²) in [6.45, 7) is 6.93. The number of halogens is 2. The maximum absolute atomic E-state index is 14.0. The molecule has 0 aromatic heterocycles. The normalized spacial score (nSPS) is 16.6. The minimum Gasteiger partial charge on any atom is -0.367 e. The molecule has 1 atom stereocenters. The molecule has 26 heavy (non-hydrogen) atoms. The number of hydrogen-bond acceptors (Lipinski definition) is 2. The molecule has 0 aliphatic carbocycles. The summed E-state index contributed by atoms with van der Waals surface area (Å²) in [6.07, 6.45) is 3.46. The second kappa shape index (κ2) is 8.74. The molecule has 0 bridgehead atoms. The maximum Gasteiger partial charge on any atom is 0.131 e. The van der Waals surface area contributed by atoms with Crippen LogP contribution in [-0.4, -0.2) is 24.5 Å². The first kappa shape index (κ1) is 19.0. The molecular weight excluding hydrogens is 332 g/mol. The molecule has 3 rings (SSSR count). The van der Waals surface area contributed by atoms with Crippen molar-refractivity contribution in [2.45, 2.75) is 45.8 Å². The topological polar surface area (TPSA) is 12.5 Å². The predicted octanol–water partition coefficient (Wildman–Crippen LogP) is 5.33. The highest BCUT2D eigenvalue weighted by Gasteiger charge is 2.22. The Balaban J connectivity index is 1.82. The highest BCUT2D eigenvalue weighted by atomic mass is 19.1. The van der Waals surface area contributed by atoms with E-state index in [2.05, 4.69) is 30.9 Å². The summed E-state index contributed by atoms with van der Waals surface area (Å²) in [4.78, 5) is 2.40. The van der Waals surface area contributed by atoms with E-state index >= 15 is 0 Å². The Kier molecular flexibility index (Phi) is 6.38. The molecule has 1 saturated heterocycles. The number of nitrogens with zero attached hydrogens (tertiary/aromatic N) is 1. The predicted molar refractivity (Wildman–Crippen MR) is 100 cm³/mol. The first-order valence-electron chi connectivity index (χ1n) is 9.39. The fourth-order valence-electron chi connectivity index (χ4n) is 3.79. The zero-order valence-electron chi connectivity index (χ0n) is 15.6. The Hall–Kier alpha value is -1.78. The third-order valence-corrected chi connectivity index (χ3v) is 5.23. The summed E-state index contributed by atoms with van der Waals surface area (Å²) in [6, 6.07) is 10.1. The van der Waals surface area contributed by atoms with Crippen LogP contribution in [0.25, 0.3) is 0 Å². The molecule has 0 spiro atoms. The highest BCUT2D eigenvalue weighted by molar-refractivity contribution is 5.35. The van der Waals surface area contributed by atoms with Gasteiger partial charge in [-0.15, -0.1) is 0 Å². The third kappa shape index (κ3) is 4.49. The second-order valence-corrected chi connectivity index (χ2v) is 7.17. The van der Waals surface area contributed by atoms with Crippen LogP contribution in [0.15, 0.2) is 36.4 Å². The van der Waals surface area contributed by atoms with Crippen molar-refractivity contribution in [2.75, 3.05) is 19.6 Å². The summed E-state index contributed by atoms with van der Waals surface area (Å²) in [5.74, 6) is -1.11. The zero-order valence-corrected chi connectivity index (χ0v) is 15.6. The first-order valence-corrected chi connectivity index (χ1v) is 9.39. The summed E-state index contributed by atoms with van der Waals surface area (Å²) in [5, 5.41) is 0. The van der Waals surface area contributed by atoms with Gasteiger partial charge in [-0.1, -0.05) is 30.7 Å². The van der Waals surface area contributed by atoms with Crippen molar-refractivity contribution in [3.8, 4) is 0 Å². The standard InChI is InChI=1S/C22H27F2NO/c1-16-8-6-9-17(2)22(16)21(14-25-12-4-3-5-13-25)26-15-18-19(23)10-7-11-20(18)24/h6-11,21H,3-5,12-15H2,1-2H3. The molecular formula is C22H27F2NO. The third-order valence-electron chi connectivity index (χ3n) is 5.23. The smallest absolute Gasteiger partial charge is 0.131 e. The molecule has 1 fully saturated rings. The van der Waals surface area contributed by atoms with E-state index in [1.165, 1.54) is 37.5 Å². The Labute approximate surface area is 154 Å². The number of ether oxygens (including phenoxy) is 1. The average molecular weight is 359 g/mol. The van der Waals surface area contributed by atoms with E-state index in [0.717, 1.165) is 36.3 Å². The van der Waals surface area contributed by atoms with Crippen LogP contribution >= 0.6 is 0 Å². The Morgan fingerprint density at radius 3 is 2.12 bits per heavy atom. The summed E-state index contributed by atoms with van der Waals surface area (Å²) in [5.41, 5.74) is 3.44. The van der Waals surface area contributed by atoms with Crippen molar-refractivity contribution in [3.63, 3.8) is 0 Å². The van der Waals surface area contributed by atoms with Gasteiger partial charge in [-0.05, 0) is 68.6 Å². The van der Waals surface area contributed by atoms with Crippen LogP contribution in [0.4, 0.5) is 8.78 Å². The maximum atomic E-state index is 14.0. The quantitative estimate of drug-likeness (QED) is 0.692. The van der Waals surface area contributed by atoms with Crippen molar-refractivity contribution < 1.29 is 13.5 Å². The molecule has 4 heteroatoms. The van der Waals surface area contributed by atoms with Crippen molar-refractivity contribution in [3.05, 3.63) is 70.3 Å². The van der Waals surface area contributed by atoms with Crippen molar-refractivity contribution in [1.82, 2.24) is 4.90 Å². The molecule has 140 valence electrons. The number of benzene rings is 2. The van der Waals surface area contributed by atoms with Crippen LogP contribution in [0.1, 0.15) is 47.6 Å². The molecule has 0 amide bonds. The Morgan fingerprint density at radius 2 is 1.50 bits per heavy atom. The van der Waals surface area contributed by atoms with Crippen LogP contribution in [0, 0.1) is 25.5 Å². The first-order chi connectivity index (χ1) is 12.6. The highest BCUT2D eigenvalue weighted by Crippen LogP contribution is 2.28. The summed E-state index contributed by atoms with van der Waals surface area (Å²) in [7, 11) is 0. The number of rotatable bonds is 6. The lowest BCUT2D eigenvalue weighted by molar-refractivity contribution is 0.00695. The van der Waals surface area contributed by atoms with E-state index in [0.29, 0.717) is 0 Å². The summed E-state index contributed by atoms with van der Waals surface area (Å²) >= 11 is 0. The van der Waals surface area contributed by atoms with Gasteiger partial charge in [0.25, 0.3) is 0 Å². The molecule has 1 aliphatic rings. The molecule has 1 aliphatic heterocycles. The van der Waals surface area contributed by atoms with Gasteiger partial charge in [0.15, 0.2) is 0 Å². The molecule has 0 N–H and O–H groups in total. The van der Waals surface area contributed by atoms with Gasteiger partial charge in [0, 0.05) is 12.1 Å². The Morgan fingerprint density at radius 1 is 0.923 bits per heavy atom. The van der Waals surface area contributed by atoms with Crippen LogP contribution < -0.4 is 0 Å². The average Bonchev–Trinajstić information content (AvgIpc) is 2.61. The van der Waals surface area contributed by atoms with E-state index in [-0.39, 0.29) is 18.3 Å². The van der Waals surface area contributed by atoms with Crippen LogP contribution in [0.3, 0.4) is 0 Å². The van der Waals surface area contributed by atoms with E-state index in [1.807, 2.05) is 6.07 Å². The van der Waals surface area contributed by atoms with Crippen molar-refractivity contribution in [1.29, 1.82) is 0 Å². The molecule has 2 nitrogen and oxygen atoms in total. The van der Waals surface area contributed by atoms with E-state index < -0.39 is 11.6 Å². The van der Waals surface area contributed by atoms with Crippen LogP contribution in [0.5, 0.6) is 0 Å². The lowest BCUT2D eigenvalue weighted by atomic mass is 9.97. The van der Waals surface area contributed by atoms with Gasteiger partial charge in [-0.25, -0.2) is 8.78 Å². The van der Waals surface area contributed by atoms with Gasteiger partial charge in [0.05, 0.1) is 12.7 Å². The molecule has 2 aromatic rings. The monoisotopic (exact) mass is 359 g/mol. The van der Waals surface area contributed by atoms with Crippen LogP contribution in [-0.2, 0) is 11.3 Å². The lowest BCUT2D eigenvalue weighted by Gasteiger charge is -2.32. The summed E-state index contributed by atoms with van der Waals surface area (Å²) < 4.78 is 34.1. The van der Waals surface area contributed by atoms with E-state index in [1.54, 1.807) is 0 Å². The van der Waals surface area contributed by atoms with Crippen molar-refractivity contribution >= 4 is 0 Å². The fraction of sp³-hybridized carbons (Fsp3) is 0.455. The van der Waals surface area contributed by atoms with Gasteiger partial charge >= 0.3 is 0 Å². The van der Waals surface area contributed by atoms with Gasteiger partial charge in [0.2, 0.25) is 0 Å². The molecule has 2 aromatic carbocycles. The number of piperidine rings is 1. The minimum atomic E-state index is -0.553. The van der Waals surface area contributed by atoms with Gasteiger partial charge in [-0.2, -0.15) is 0 Å². The van der Waals surface area contributed by atoms with E-state index in [9.17, 15) is 8.78 Å². The lowest BCUT2D eigenvalue weighted by Crippen LogP contribution is -2.34.